The van der Waals surface area contributed by atoms with E-state index in [4.69, 9.17) is 77.5 Å². The Bertz CT molecular complexity index is 1050. The smallest absolute Gasteiger partial charge is 0.407 e. The highest BCUT2D eigenvalue weighted by atomic mass is 16.6. The zero-order valence-corrected chi connectivity index (χ0v) is 32.4. The van der Waals surface area contributed by atoms with Crippen molar-refractivity contribution in [3.63, 3.8) is 0 Å². The Morgan fingerprint density at radius 1 is 0.685 bits per heavy atom. The summed E-state index contributed by atoms with van der Waals surface area (Å²) in [5.74, 6) is 10.8. The normalized spacial score (nSPS) is 11.8. The second kappa shape index (κ2) is 34.1. The van der Waals surface area contributed by atoms with Crippen molar-refractivity contribution in [2.75, 3.05) is 145 Å². The molecule has 0 aromatic rings. The molecule has 0 aliphatic heterocycles. The molecule has 0 saturated heterocycles. The van der Waals surface area contributed by atoms with Gasteiger partial charge >= 0.3 is 12.1 Å². The predicted octanol–water partition coefficient (Wildman–Crippen LogP) is -1.10. The molecule has 0 bridgehead atoms. The first-order valence-corrected chi connectivity index (χ1v) is 17.7. The maximum atomic E-state index is 12.9. The third-order valence-electron chi connectivity index (χ3n) is 6.18. The first kappa shape index (κ1) is 50.6. The number of alkyl carbamates (subject to hydrolysis) is 1. The number of rotatable bonds is 35. The van der Waals surface area contributed by atoms with Crippen molar-refractivity contribution in [1.29, 1.82) is 0 Å². The van der Waals surface area contributed by atoms with E-state index in [1.54, 1.807) is 20.8 Å². The van der Waals surface area contributed by atoms with E-state index in [2.05, 4.69) is 27.8 Å². The summed E-state index contributed by atoms with van der Waals surface area (Å²) in [5, 5.41) is 9.58. The van der Waals surface area contributed by atoms with Crippen LogP contribution in [0.15, 0.2) is 11.9 Å². The number of carbonyl (C=O) groups excluding carboxylic acids is 2. The van der Waals surface area contributed by atoms with E-state index in [1.165, 1.54) is 11.2 Å². The van der Waals surface area contributed by atoms with Gasteiger partial charge in [-0.2, -0.15) is 0 Å². The molecule has 19 nitrogen and oxygen atoms in total. The third kappa shape index (κ3) is 33.2. The maximum absolute atomic E-state index is 12.9. The number of hydrogen-bond acceptors (Lipinski definition) is 16. The van der Waals surface area contributed by atoms with E-state index in [9.17, 15) is 9.59 Å². The molecule has 0 aliphatic rings. The Balaban J connectivity index is 4.50. The van der Waals surface area contributed by atoms with Crippen molar-refractivity contribution in [2.24, 2.45) is 17.3 Å². The zero-order chi connectivity index (χ0) is 40.2. The summed E-state index contributed by atoms with van der Waals surface area (Å²) < 4.78 is 54.7. The van der Waals surface area contributed by atoms with Crippen molar-refractivity contribution in [1.82, 2.24) is 21.0 Å². The number of terminal acetylenes is 2. The Hall–Kier alpha value is -3.44. The highest BCUT2D eigenvalue weighted by molar-refractivity contribution is 5.74. The maximum Gasteiger partial charge on any atom is 0.407 e. The van der Waals surface area contributed by atoms with Crippen molar-refractivity contribution in [3.05, 3.63) is 11.9 Å². The number of nitrogens with zero attached hydrogens (tertiary/aromatic N) is 1. The summed E-state index contributed by atoms with van der Waals surface area (Å²) >= 11 is 0. The lowest BCUT2D eigenvalue weighted by atomic mass is 10.0. The van der Waals surface area contributed by atoms with Gasteiger partial charge in [-0.15, -0.1) is 12.8 Å². The first-order chi connectivity index (χ1) is 26.0. The molecular weight excluding hydrogens is 710 g/mol. The molecule has 9 N–H and O–H groups in total. The van der Waals surface area contributed by atoms with E-state index in [0.717, 1.165) is 0 Å². The van der Waals surface area contributed by atoms with Gasteiger partial charge in [-0.3, -0.25) is 0 Å². The van der Waals surface area contributed by atoms with Crippen LogP contribution in [0.1, 0.15) is 20.8 Å². The monoisotopic (exact) mass is 775 g/mol. The van der Waals surface area contributed by atoms with Gasteiger partial charge in [0.15, 0.2) is 0 Å². The lowest BCUT2D eigenvalue weighted by Gasteiger charge is -2.33. The average molecular weight is 776 g/mol. The Morgan fingerprint density at radius 2 is 1.15 bits per heavy atom. The van der Waals surface area contributed by atoms with E-state index in [0.29, 0.717) is 98.0 Å². The molecule has 0 aliphatic carbocycles. The van der Waals surface area contributed by atoms with Crippen LogP contribution in [0.3, 0.4) is 0 Å². The number of urea groups is 1. The van der Waals surface area contributed by atoms with Gasteiger partial charge in [0, 0.05) is 25.8 Å². The summed E-state index contributed by atoms with van der Waals surface area (Å²) in [7, 11) is 0. The van der Waals surface area contributed by atoms with Gasteiger partial charge in [0.2, 0.25) is 0 Å². The topological polar surface area (TPSA) is 244 Å². The fraction of sp³-hybridized carbons (Fsp3) is 0.771. The molecule has 0 aromatic carbocycles. The molecule has 0 spiro atoms. The van der Waals surface area contributed by atoms with E-state index in [-0.39, 0.29) is 52.8 Å². The van der Waals surface area contributed by atoms with Crippen molar-refractivity contribution in [2.45, 2.75) is 31.9 Å². The minimum atomic E-state index is -1.16. The van der Waals surface area contributed by atoms with Crippen LogP contribution in [0.2, 0.25) is 0 Å². The van der Waals surface area contributed by atoms with Crippen molar-refractivity contribution < 1.29 is 57.0 Å². The molecule has 0 radical (unpaired) electrons. The van der Waals surface area contributed by atoms with E-state index < -0.39 is 23.3 Å². The van der Waals surface area contributed by atoms with E-state index >= 15 is 0 Å². The van der Waals surface area contributed by atoms with Gasteiger partial charge in [-0.1, -0.05) is 11.8 Å². The van der Waals surface area contributed by atoms with Crippen LogP contribution in [0.4, 0.5) is 9.59 Å². The molecule has 54 heavy (non-hydrogen) atoms. The molecule has 0 atom stereocenters. The third-order valence-corrected chi connectivity index (χ3v) is 6.18. The summed E-state index contributed by atoms with van der Waals surface area (Å²) in [4.78, 5) is 24.4. The SMILES string of the molecule is C#CCOCC(COCC#C)(COC/C(N)=C/N(N)CCOCCOCCOCCNC(=O)OC(C)(C)C)NC(=O)NCCOCCOCCOCCN. The highest BCUT2D eigenvalue weighted by Crippen LogP contribution is 2.10. The molecule has 0 unspecified atom stereocenters. The first-order valence-electron chi connectivity index (χ1n) is 17.7. The summed E-state index contributed by atoms with van der Waals surface area (Å²) in [6, 6.07) is -0.510. The van der Waals surface area contributed by atoms with E-state index in [1.807, 2.05) is 0 Å². The van der Waals surface area contributed by atoms with Crippen LogP contribution in [0.5, 0.6) is 0 Å². The predicted molar refractivity (Wildman–Crippen MR) is 201 cm³/mol. The standard InChI is InChI=1S/C35H65N7O12/c1-6-12-51-28-35(29-52-13-7-2,41-32(43)39-9-15-46-19-23-49-22-18-45-14-8-36)30-53-27-31(37)26-42(38)11-17-48-21-25-50-24-20-47-16-10-40-33(44)54-34(3,4)5/h1-2,26H,8-25,27-30,36-38H2,3-5H3,(H,40,44)(H2,39,41,43)/b31-26-. The molecule has 312 valence electrons. The number of amides is 3. The minimum Gasteiger partial charge on any atom is -0.444 e. The average Bonchev–Trinajstić information content (AvgIpc) is 3.10. The Labute approximate surface area is 320 Å². The summed E-state index contributed by atoms with van der Waals surface area (Å²) in [6.45, 7) is 11.1. The molecule has 19 heteroatoms. The fourth-order valence-electron chi connectivity index (χ4n) is 3.92. The largest absolute Gasteiger partial charge is 0.444 e. The lowest BCUT2D eigenvalue weighted by Crippen LogP contribution is -2.61. The van der Waals surface area contributed by atoms with Gasteiger partial charge in [0.25, 0.3) is 0 Å². The van der Waals surface area contributed by atoms with Gasteiger partial charge < -0.3 is 79.8 Å². The quantitative estimate of drug-likeness (QED) is 0.0194. The number of ether oxygens (including phenoxy) is 10. The van der Waals surface area contributed by atoms with Gasteiger partial charge in [-0.05, 0) is 20.8 Å². The fourth-order valence-corrected chi connectivity index (χ4v) is 3.92. The molecule has 0 rings (SSSR count). The number of nitrogens with two attached hydrogens (primary N) is 3. The number of carbonyl (C=O) groups is 2. The van der Waals surface area contributed by atoms with Crippen LogP contribution in [-0.4, -0.2) is 173 Å². The molecule has 0 fully saturated rings. The molecule has 0 heterocycles. The Kier molecular flexibility index (Phi) is 31.9. The second-order valence-corrected chi connectivity index (χ2v) is 12.4. The van der Waals surface area contributed by atoms with Crippen LogP contribution in [0.25, 0.3) is 0 Å². The van der Waals surface area contributed by atoms with Crippen molar-refractivity contribution in [3.8, 4) is 24.7 Å². The van der Waals surface area contributed by atoms with Gasteiger partial charge in [0.1, 0.15) is 24.4 Å². The highest BCUT2D eigenvalue weighted by Gasteiger charge is 2.34. The summed E-state index contributed by atoms with van der Waals surface area (Å²) in [6.07, 6.45) is 11.7. The van der Waals surface area contributed by atoms with Gasteiger partial charge in [0.05, 0.1) is 118 Å². The molecule has 0 saturated carbocycles. The Morgan fingerprint density at radius 3 is 1.65 bits per heavy atom. The summed E-state index contributed by atoms with van der Waals surface area (Å²) in [5.41, 5.74) is 10.1. The number of hydrazine groups is 1. The van der Waals surface area contributed by atoms with Crippen molar-refractivity contribution >= 4 is 12.1 Å². The number of nitrogens with one attached hydrogen (secondary N) is 3. The lowest BCUT2D eigenvalue weighted by molar-refractivity contribution is -0.0198. The zero-order valence-electron chi connectivity index (χ0n) is 32.4. The minimum absolute atomic E-state index is 0.00132. The molecule has 3 amide bonds. The van der Waals surface area contributed by atoms with Gasteiger partial charge in [-0.25, -0.2) is 15.4 Å². The molecular formula is C35H65N7O12. The van der Waals surface area contributed by atoms with Crippen LogP contribution in [-0.2, 0) is 47.4 Å². The second-order valence-electron chi connectivity index (χ2n) is 12.4. The van der Waals surface area contributed by atoms with Crippen LogP contribution in [0, 0.1) is 24.7 Å². The van der Waals surface area contributed by atoms with Crippen LogP contribution < -0.4 is 33.3 Å². The molecule has 0 aromatic heterocycles. The number of hydrogen-bond donors (Lipinski definition) is 6. The van der Waals surface area contributed by atoms with Crippen LogP contribution >= 0.6 is 0 Å².